The largest absolute Gasteiger partial charge is 0.484 e. The van der Waals surface area contributed by atoms with Gasteiger partial charge in [0, 0.05) is 30.4 Å². The highest BCUT2D eigenvalue weighted by molar-refractivity contribution is 5.78. The maximum atomic E-state index is 11.9. The molecule has 0 spiro atoms. The predicted molar refractivity (Wildman–Crippen MR) is 106 cm³/mol. The van der Waals surface area contributed by atoms with Gasteiger partial charge in [-0.1, -0.05) is 0 Å². The Labute approximate surface area is 163 Å². The molecule has 1 aromatic rings. The van der Waals surface area contributed by atoms with E-state index in [0.29, 0.717) is 5.54 Å². The van der Waals surface area contributed by atoms with Crippen LogP contribution < -0.4 is 15.4 Å². The van der Waals surface area contributed by atoms with Gasteiger partial charge in [-0.25, -0.2) is 0 Å². The number of carbonyl (C=O) groups excluding carboxylic acids is 1. The van der Waals surface area contributed by atoms with Gasteiger partial charge in [-0.2, -0.15) is 0 Å². The van der Waals surface area contributed by atoms with Crippen LogP contribution in [-0.2, 0) is 11.3 Å². The van der Waals surface area contributed by atoms with E-state index in [1.807, 2.05) is 32.9 Å². The molecule has 4 bridgehead atoms. The van der Waals surface area contributed by atoms with E-state index in [0.717, 1.165) is 30.0 Å². The zero-order chi connectivity index (χ0) is 19.1. The van der Waals surface area contributed by atoms with Crippen LogP contribution in [0, 0.1) is 17.8 Å². The summed E-state index contributed by atoms with van der Waals surface area (Å²) in [6.07, 6.45) is 8.81. The first-order chi connectivity index (χ1) is 12.8. The number of hydrogen-bond donors (Lipinski definition) is 2. The smallest absolute Gasteiger partial charge is 0.258 e. The maximum absolute atomic E-state index is 11.9. The average Bonchev–Trinajstić information content (AvgIpc) is 2.56. The van der Waals surface area contributed by atoms with Gasteiger partial charge >= 0.3 is 0 Å². The zero-order valence-electron chi connectivity index (χ0n) is 17.1. The Morgan fingerprint density at radius 3 is 2.15 bits per heavy atom. The van der Waals surface area contributed by atoms with Crippen LogP contribution in [0.3, 0.4) is 0 Å². The van der Waals surface area contributed by atoms with E-state index in [2.05, 4.69) is 22.8 Å². The van der Waals surface area contributed by atoms with Gasteiger partial charge in [0.05, 0.1) is 5.54 Å². The van der Waals surface area contributed by atoms with Gasteiger partial charge in [-0.15, -0.1) is 0 Å². The summed E-state index contributed by atoms with van der Waals surface area (Å²) < 4.78 is 5.62. The van der Waals surface area contributed by atoms with E-state index >= 15 is 0 Å². The molecule has 0 aliphatic heterocycles. The minimum absolute atomic E-state index is 0.0655. The third-order valence-corrected chi connectivity index (χ3v) is 6.66. The van der Waals surface area contributed by atoms with Crippen LogP contribution in [0.5, 0.6) is 5.75 Å². The summed E-state index contributed by atoms with van der Waals surface area (Å²) in [6, 6.07) is 8.28. The van der Waals surface area contributed by atoms with Crippen molar-refractivity contribution >= 4 is 5.91 Å². The van der Waals surface area contributed by atoms with Crippen molar-refractivity contribution in [1.29, 1.82) is 0 Å². The molecule has 148 valence electrons. The van der Waals surface area contributed by atoms with Crippen LogP contribution in [0.4, 0.5) is 0 Å². The summed E-state index contributed by atoms with van der Waals surface area (Å²) in [6.45, 7) is 7.03. The van der Waals surface area contributed by atoms with E-state index in [1.54, 1.807) is 0 Å². The summed E-state index contributed by atoms with van der Waals surface area (Å²) >= 11 is 0. The molecule has 4 nitrogen and oxygen atoms in total. The quantitative estimate of drug-likeness (QED) is 0.808. The van der Waals surface area contributed by atoms with E-state index in [9.17, 15) is 4.79 Å². The summed E-state index contributed by atoms with van der Waals surface area (Å²) in [7, 11) is 0. The lowest BCUT2D eigenvalue weighted by atomic mass is 9.53. The monoisotopic (exact) mass is 371 g/mol. The minimum atomic E-state index is -0.225. The number of nitrogens with two attached hydrogens (primary N) is 1. The summed E-state index contributed by atoms with van der Waals surface area (Å²) in [4.78, 5) is 11.9. The molecule has 4 aliphatic carbocycles. The number of ether oxygens (including phenoxy) is 1. The number of hydrogen-bond acceptors (Lipinski definition) is 2. The number of quaternary nitrogens is 1. The molecule has 1 amide bonds. The molecule has 4 heteroatoms. The lowest BCUT2D eigenvalue weighted by molar-refractivity contribution is -0.752. The Hall–Kier alpha value is -1.55. The molecule has 4 fully saturated rings. The van der Waals surface area contributed by atoms with E-state index < -0.39 is 0 Å². The molecule has 4 saturated carbocycles. The highest BCUT2D eigenvalue weighted by Crippen LogP contribution is 2.54. The van der Waals surface area contributed by atoms with Crippen molar-refractivity contribution in [2.75, 3.05) is 6.61 Å². The highest BCUT2D eigenvalue weighted by Gasteiger charge is 2.53. The third kappa shape index (κ3) is 4.66. The lowest BCUT2D eigenvalue weighted by Crippen LogP contribution is -2.97. The topological polar surface area (TPSA) is 54.9 Å². The van der Waals surface area contributed by atoms with E-state index in [4.69, 9.17) is 4.74 Å². The van der Waals surface area contributed by atoms with Crippen molar-refractivity contribution in [3.8, 4) is 5.75 Å². The molecule has 0 heterocycles. The first-order valence-electron chi connectivity index (χ1n) is 10.7. The van der Waals surface area contributed by atoms with Crippen molar-refractivity contribution in [2.45, 2.75) is 76.9 Å². The van der Waals surface area contributed by atoms with Crippen LogP contribution in [0.25, 0.3) is 0 Å². The van der Waals surface area contributed by atoms with Gasteiger partial charge in [0.25, 0.3) is 5.91 Å². The Bertz CT molecular complexity index is 639. The second-order valence-electron chi connectivity index (χ2n) is 10.4. The fourth-order valence-electron chi connectivity index (χ4n) is 6.09. The van der Waals surface area contributed by atoms with Crippen molar-refractivity contribution in [3.05, 3.63) is 29.8 Å². The molecule has 0 atom stereocenters. The Morgan fingerprint density at radius 1 is 1.07 bits per heavy atom. The summed E-state index contributed by atoms with van der Waals surface area (Å²) in [5.74, 6) is 3.69. The SMILES string of the molecule is CC(C)(C)NC(=O)COc1ccc(C[NH2+]C23CC4CC(CC(C4)C2)C3)cc1. The van der Waals surface area contributed by atoms with Crippen molar-refractivity contribution in [2.24, 2.45) is 17.8 Å². The van der Waals surface area contributed by atoms with Crippen LogP contribution in [0.2, 0.25) is 0 Å². The number of carbonyl (C=O) groups is 1. The van der Waals surface area contributed by atoms with E-state index in [1.165, 1.54) is 44.1 Å². The number of rotatable bonds is 6. The maximum Gasteiger partial charge on any atom is 0.258 e. The van der Waals surface area contributed by atoms with E-state index in [-0.39, 0.29) is 18.1 Å². The second-order valence-corrected chi connectivity index (χ2v) is 10.4. The molecule has 5 rings (SSSR count). The predicted octanol–water partition coefficient (Wildman–Crippen LogP) is 3.01. The van der Waals surface area contributed by atoms with Crippen molar-refractivity contribution < 1.29 is 14.8 Å². The minimum Gasteiger partial charge on any atom is -0.484 e. The molecule has 0 saturated heterocycles. The average molecular weight is 372 g/mol. The van der Waals surface area contributed by atoms with Gasteiger partial charge < -0.3 is 15.4 Å². The molecule has 1 aromatic carbocycles. The van der Waals surface area contributed by atoms with Gasteiger partial charge in [0.15, 0.2) is 6.61 Å². The van der Waals surface area contributed by atoms with Crippen LogP contribution in [0.15, 0.2) is 24.3 Å². The molecule has 4 aliphatic rings. The summed E-state index contributed by atoms with van der Waals surface area (Å²) in [5, 5.41) is 5.56. The molecule has 0 unspecified atom stereocenters. The molecule has 0 radical (unpaired) electrons. The molecule has 3 N–H and O–H groups in total. The third-order valence-electron chi connectivity index (χ3n) is 6.66. The van der Waals surface area contributed by atoms with Crippen LogP contribution in [0.1, 0.15) is 64.9 Å². The van der Waals surface area contributed by atoms with Gasteiger partial charge in [0.1, 0.15) is 12.3 Å². The van der Waals surface area contributed by atoms with Gasteiger partial charge in [0.2, 0.25) is 0 Å². The first-order valence-corrected chi connectivity index (χ1v) is 10.7. The highest BCUT2D eigenvalue weighted by atomic mass is 16.5. The Kier molecular flexibility index (Phi) is 4.96. The fourth-order valence-corrected chi connectivity index (χ4v) is 6.09. The molecule has 0 aromatic heterocycles. The standard InChI is InChI=1S/C23H34N2O2/c1-22(2,3)25-21(26)15-27-20-6-4-16(5-7-20)14-24-23-11-17-8-18(12-23)10-19(9-17)13-23/h4-7,17-19,24H,8-15H2,1-3H3,(H,25,26)/p+1. The fraction of sp³-hybridized carbons (Fsp3) is 0.696. The molecule has 27 heavy (non-hydrogen) atoms. The zero-order valence-corrected chi connectivity index (χ0v) is 17.1. The Morgan fingerprint density at radius 2 is 1.63 bits per heavy atom. The molecular weight excluding hydrogens is 336 g/mol. The first kappa shape index (κ1) is 18.8. The number of benzene rings is 1. The lowest BCUT2D eigenvalue weighted by Gasteiger charge is -2.54. The van der Waals surface area contributed by atoms with Gasteiger partial charge in [-0.05, 0) is 82.1 Å². The molecular formula is C23H35N2O2+. The normalized spacial score (nSPS) is 31.7. The number of nitrogens with one attached hydrogen (secondary N) is 1. The summed E-state index contributed by atoms with van der Waals surface area (Å²) in [5.41, 5.74) is 1.64. The second kappa shape index (κ2) is 7.12. The van der Waals surface area contributed by atoms with Crippen molar-refractivity contribution in [3.63, 3.8) is 0 Å². The number of amides is 1. The van der Waals surface area contributed by atoms with Crippen molar-refractivity contribution in [1.82, 2.24) is 5.32 Å². The van der Waals surface area contributed by atoms with Gasteiger partial charge in [-0.3, -0.25) is 4.79 Å². The van der Waals surface area contributed by atoms with Crippen LogP contribution >= 0.6 is 0 Å². The van der Waals surface area contributed by atoms with Crippen LogP contribution in [-0.4, -0.2) is 23.6 Å². The Balaban J connectivity index is 1.27.